The lowest BCUT2D eigenvalue weighted by Gasteiger charge is -2.10. The van der Waals surface area contributed by atoms with Crippen molar-refractivity contribution in [1.82, 2.24) is 4.98 Å². The van der Waals surface area contributed by atoms with Crippen LogP contribution in [0.4, 0.5) is 5.13 Å². The molecule has 0 saturated heterocycles. The molecule has 1 atom stereocenters. The van der Waals surface area contributed by atoms with Gasteiger partial charge in [-0.15, -0.1) is 23.7 Å². The Bertz CT molecular complexity index is 868. The van der Waals surface area contributed by atoms with Crippen LogP contribution in [-0.4, -0.2) is 44.5 Å². The Balaban J connectivity index is 0.00000338. The van der Waals surface area contributed by atoms with Crippen LogP contribution in [-0.2, 0) is 14.6 Å². The van der Waals surface area contributed by atoms with Crippen LogP contribution >= 0.6 is 23.7 Å². The maximum atomic E-state index is 12.1. The highest BCUT2D eigenvalue weighted by Gasteiger charge is 2.18. The minimum atomic E-state index is -3.16. The van der Waals surface area contributed by atoms with Gasteiger partial charge < -0.3 is 15.8 Å². The molecule has 26 heavy (non-hydrogen) atoms. The van der Waals surface area contributed by atoms with Gasteiger partial charge >= 0.3 is 0 Å². The van der Waals surface area contributed by atoms with E-state index in [-0.39, 0.29) is 24.6 Å². The third kappa shape index (κ3) is 6.24. The average Bonchev–Trinajstić information content (AvgIpc) is 3.00. The predicted molar refractivity (Wildman–Crippen MR) is 107 cm³/mol. The number of aromatic nitrogens is 1. The number of hydrogen-bond donors (Lipinski definition) is 2. The van der Waals surface area contributed by atoms with Crippen molar-refractivity contribution < 1.29 is 17.9 Å². The molecule has 0 aliphatic carbocycles. The second-order valence-corrected chi connectivity index (χ2v) is 8.87. The van der Waals surface area contributed by atoms with Crippen LogP contribution in [0.5, 0.6) is 5.75 Å². The number of methoxy groups -OCH3 is 1. The van der Waals surface area contributed by atoms with Crippen molar-refractivity contribution in [3.8, 4) is 17.0 Å². The zero-order valence-corrected chi connectivity index (χ0v) is 17.1. The standard InChI is InChI=1S/C16H21N3O4S2.ClH/c1-10-4-5-14(23-2)11(8-10)13-9-24-16(18-13)19-15(20)12(17)6-7-25(3,21)22;/h4-5,8-9,12H,6-7,17H2,1-3H3,(H,18,19,20);1H. The topological polar surface area (TPSA) is 111 Å². The summed E-state index contributed by atoms with van der Waals surface area (Å²) in [5, 5.41) is 4.84. The molecule has 1 unspecified atom stereocenters. The number of nitrogens with two attached hydrogens (primary N) is 1. The number of aryl methyl sites for hydroxylation is 1. The molecule has 3 N–H and O–H groups in total. The molecule has 1 aromatic heterocycles. The molecule has 2 aromatic rings. The molecule has 7 nitrogen and oxygen atoms in total. The van der Waals surface area contributed by atoms with Crippen LogP contribution in [0.1, 0.15) is 12.0 Å². The number of nitrogens with one attached hydrogen (secondary N) is 1. The minimum absolute atomic E-state index is 0. The normalized spacial score (nSPS) is 12.2. The predicted octanol–water partition coefficient (Wildman–Crippen LogP) is 2.25. The molecule has 2 rings (SSSR count). The number of anilines is 1. The molecule has 0 spiro atoms. The van der Waals surface area contributed by atoms with Gasteiger partial charge in [0.2, 0.25) is 5.91 Å². The van der Waals surface area contributed by atoms with Gasteiger partial charge in [-0.2, -0.15) is 0 Å². The number of thiazole rings is 1. The highest BCUT2D eigenvalue weighted by atomic mass is 35.5. The third-order valence-electron chi connectivity index (χ3n) is 3.50. The molecule has 0 aliphatic heterocycles. The van der Waals surface area contributed by atoms with Crippen molar-refractivity contribution in [2.75, 3.05) is 24.4 Å². The lowest BCUT2D eigenvalue weighted by atomic mass is 10.1. The molecule has 144 valence electrons. The summed E-state index contributed by atoms with van der Waals surface area (Å²) in [6.07, 6.45) is 1.18. The van der Waals surface area contributed by atoms with Crippen molar-refractivity contribution in [1.29, 1.82) is 0 Å². The van der Waals surface area contributed by atoms with Crippen LogP contribution in [0, 0.1) is 6.92 Å². The SMILES string of the molecule is COc1ccc(C)cc1-c1csc(NC(=O)C(N)CCS(C)(=O)=O)n1.Cl. The third-order valence-corrected chi connectivity index (χ3v) is 5.24. The first kappa shape index (κ1) is 22.4. The molecule has 1 aromatic carbocycles. The van der Waals surface area contributed by atoms with Gasteiger partial charge in [0, 0.05) is 17.2 Å². The maximum absolute atomic E-state index is 12.1. The number of halogens is 1. The Hall–Kier alpha value is -1.68. The number of benzene rings is 1. The van der Waals surface area contributed by atoms with Crippen LogP contribution in [0.15, 0.2) is 23.6 Å². The monoisotopic (exact) mass is 419 g/mol. The molecule has 0 saturated carbocycles. The number of sulfone groups is 1. The van der Waals surface area contributed by atoms with Crippen molar-refractivity contribution >= 4 is 44.6 Å². The van der Waals surface area contributed by atoms with Crippen LogP contribution in [0.2, 0.25) is 0 Å². The summed E-state index contributed by atoms with van der Waals surface area (Å²) < 4.78 is 27.7. The summed E-state index contributed by atoms with van der Waals surface area (Å²) >= 11 is 1.27. The summed E-state index contributed by atoms with van der Waals surface area (Å²) in [6.45, 7) is 1.97. The van der Waals surface area contributed by atoms with E-state index in [1.54, 1.807) is 7.11 Å². The average molecular weight is 420 g/mol. The summed E-state index contributed by atoms with van der Waals surface area (Å²) in [7, 11) is -1.57. The van der Waals surface area contributed by atoms with Gasteiger partial charge in [0.05, 0.1) is 24.6 Å². The van der Waals surface area contributed by atoms with Crippen molar-refractivity contribution in [3.05, 3.63) is 29.1 Å². The molecule has 0 radical (unpaired) electrons. The van der Waals surface area contributed by atoms with Gasteiger partial charge in [0.1, 0.15) is 15.6 Å². The van der Waals surface area contributed by atoms with E-state index in [0.717, 1.165) is 17.4 Å². The first-order valence-electron chi connectivity index (χ1n) is 7.54. The molecular formula is C16H22ClN3O4S2. The van der Waals surface area contributed by atoms with Gasteiger partial charge in [-0.1, -0.05) is 11.6 Å². The van der Waals surface area contributed by atoms with Crippen molar-refractivity contribution in [3.63, 3.8) is 0 Å². The lowest BCUT2D eigenvalue weighted by Crippen LogP contribution is -2.37. The summed E-state index contributed by atoms with van der Waals surface area (Å²) in [6, 6.07) is 4.86. The first-order valence-corrected chi connectivity index (χ1v) is 10.5. The molecular weight excluding hydrogens is 398 g/mol. The molecule has 0 fully saturated rings. The molecule has 1 heterocycles. The fourth-order valence-electron chi connectivity index (χ4n) is 2.15. The zero-order valence-electron chi connectivity index (χ0n) is 14.7. The van der Waals surface area contributed by atoms with Crippen LogP contribution < -0.4 is 15.8 Å². The highest BCUT2D eigenvalue weighted by molar-refractivity contribution is 7.90. The van der Waals surface area contributed by atoms with E-state index in [1.807, 2.05) is 30.5 Å². The van der Waals surface area contributed by atoms with E-state index < -0.39 is 21.8 Å². The summed E-state index contributed by atoms with van der Waals surface area (Å²) in [4.78, 5) is 16.5. The van der Waals surface area contributed by atoms with E-state index in [9.17, 15) is 13.2 Å². The van der Waals surface area contributed by atoms with E-state index in [1.165, 1.54) is 11.3 Å². The fraction of sp³-hybridized carbons (Fsp3) is 0.375. The van der Waals surface area contributed by atoms with Gasteiger partial charge in [-0.3, -0.25) is 4.79 Å². The number of carbonyl (C=O) groups excluding carboxylic acids is 1. The maximum Gasteiger partial charge on any atom is 0.243 e. The van der Waals surface area contributed by atoms with Gasteiger partial charge in [0.15, 0.2) is 5.13 Å². The Morgan fingerprint density at radius 2 is 2.12 bits per heavy atom. The number of amides is 1. The Morgan fingerprint density at radius 3 is 2.73 bits per heavy atom. The molecule has 1 amide bonds. The van der Waals surface area contributed by atoms with Crippen molar-refractivity contribution in [2.24, 2.45) is 5.73 Å². The Kier molecular flexibility index (Phi) is 8.01. The van der Waals surface area contributed by atoms with Gasteiger partial charge in [-0.25, -0.2) is 13.4 Å². The van der Waals surface area contributed by atoms with E-state index in [4.69, 9.17) is 10.5 Å². The first-order chi connectivity index (χ1) is 11.7. The number of rotatable bonds is 7. The molecule has 0 bridgehead atoms. The Labute approximate surface area is 163 Å². The van der Waals surface area contributed by atoms with E-state index in [0.29, 0.717) is 16.6 Å². The smallest absolute Gasteiger partial charge is 0.243 e. The molecule has 10 heteroatoms. The molecule has 0 aliphatic rings. The van der Waals surface area contributed by atoms with E-state index >= 15 is 0 Å². The van der Waals surface area contributed by atoms with Crippen LogP contribution in [0.3, 0.4) is 0 Å². The highest BCUT2D eigenvalue weighted by Crippen LogP contribution is 2.32. The quantitative estimate of drug-likeness (QED) is 0.711. The second-order valence-electron chi connectivity index (χ2n) is 5.76. The lowest BCUT2D eigenvalue weighted by molar-refractivity contribution is -0.117. The zero-order chi connectivity index (χ0) is 18.6. The Morgan fingerprint density at radius 1 is 1.42 bits per heavy atom. The van der Waals surface area contributed by atoms with Gasteiger partial charge in [-0.05, 0) is 25.5 Å². The number of ether oxygens (including phenoxy) is 1. The van der Waals surface area contributed by atoms with Crippen LogP contribution in [0.25, 0.3) is 11.3 Å². The van der Waals surface area contributed by atoms with E-state index in [2.05, 4.69) is 10.3 Å². The van der Waals surface area contributed by atoms with Crippen molar-refractivity contribution in [2.45, 2.75) is 19.4 Å². The largest absolute Gasteiger partial charge is 0.496 e. The number of carbonyl (C=O) groups is 1. The summed E-state index contributed by atoms with van der Waals surface area (Å²) in [5.74, 6) is 0.102. The number of nitrogens with zero attached hydrogens (tertiary/aromatic N) is 1. The summed E-state index contributed by atoms with van der Waals surface area (Å²) in [5.41, 5.74) is 8.32. The number of hydrogen-bond acceptors (Lipinski definition) is 7. The second kappa shape index (κ2) is 9.31. The fourth-order valence-corrected chi connectivity index (χ4v) is 3.54. The minimum Gasteiger partial charge on any atom is -0.496 e. The van der Waals surface area contributed by atoms with Gasteiger partial charge in [0.25, 0.3) is 0 Å².